The molecule has 4 nitrogen and oxygen atoms in total. The van der Waals surface area contributed by atoms with Gasteiger partial charge in [0.25, 0.3) is 0 Å². The monoisotopic (exact) mass is 306 g/mol. The number of aromatic nitrogens is 2. The Morgan fingerprint density at radius 1 is 1.22 bits per heavy atom. The highest BCUT2D eigenvalue weighted by molar-refractivity contribution is 9.10. The van der Waals surface area contributed by atoms with Gasteiger partial charge >= 0.3 is 0 Å². The van der Waals surface area contributed by atoms with Crippen LogP contribution >= 0.6 is 15.9 Å². The molecule has 0 amide bonds. The maximum atomic E-state index is 4.20. The standard InChI is InChI=1S/C13H15BrN4/c14-11-3-1-2-10(8-11)13-12(9-16-17-13)18-6-4-15-5-7-18/h1-3,8-9,15H,4-7H2,(H,16,17). The van der Waals surface area contributed by atoms with E-state index in [0.717, 1.165) is 41.9 Å². The van der Waals surface area contributed by atoms with Crippen molar-refractivity contribution in [1.82, 2.24) is 15.5 Å². The molecule has 0 spiro atoms. The van der Waals surface area contributed by atoms with E-state index in [-0.39, 0.29) is 0 Å². The molecule has 1 aromatic carbocycles. The lowest BCUT2D eigenvalue weighted by Crippen LogP contribution is -2.43. The first-order valence-electron chi connectivity index (χ1n) is 6.09. The molecule has 1 aliphatic heterocycles. The Balaban J connectivity index is 1.95. The number of anilines is 1. The fourth-order valence-corrected chi connectivity index (χ4v) is 2.68. The number of hydrogen-bond acceptors (Lipinski definition) is 3. The van der Waals surface area contributed by atoms with Crippen molar-refractivity contribution in [1.29, 1.82) is 0 Å². The van der Waals surface area contributed by atoms with E-state index in [2.05, 4.69) is 48.5 Å². The predicted molar refractivity (Wildman–Crippen MR) is 76.8 cm³/mol. The Morgan fingerprint density at radius 2 is 2.06 bits per heavy atom. The van der Waals surface area contributed by atoms with Crippen LogP contribution in [0.5, 0.6) is 0 Å². The molecule has 94 valence electrons. The zero-order valence-electron chi connectivity index (χ0n) is 9.99. The van der Waals surface area contributed by atoms with Crippen LogP contribution in [0.2, 0.25) is 0 Å². The van der Waals surface area contributed by atoms with Gasteiger partial charge in [-0.25, -0.2) is 0 Å². The first kappa shape index (κ1) is 11.7. The number of nitrogens with zero attached hydrogens (tertiary/aromatic N) is 2. The molecule has 2 N–H and O–H groups in total. The normalized spacial score (nSPS) is 15.9. The molecule has 5 heteroatoms. The molecule has 1 aliphatic rings. The van der Waals surface area contributed by atoms with Crippen molar-refractivity contribution in [2.75, 3.05) is 31.1 Å². The minimum absolute atomic E-state index is 1.03. The zero-order valence-corrected chi connectivity index (χ0v) is 11.6. The van der Waals surface area contributed by atoms with Crippen LogP contribution in [0.1, 0.15) is 0 Å². The molecule has 0 unspecified atom stereocenters. The summed E-state index contributed by atoms with van der Waals surface area (Å²) in [5.74, 6) is 0. The molecule has 0 bridgehead atoms. The summed E-state index contributed by atoms with van der Waals surface area (Å²) in [5, 5.41) is 10.7. The SMILES string of the molecule is Brc1cccc(-c2[nH]ncc2N2CCNCC2)c1. The van der Waals surface area contributed by atoms with Crippen molar-refractivity contribution < 1.29 is 0 Å². The predicted octanol–water partition coefficient (Wildman–Crippen LogP) is 2.25. The third-order valence-electron chi connectivity index (χ3n) is 3.19. The average Bonchev–Trinajstić information content (AvgIpc) is 2.89. The maximum Gasteiger partial charge on any atom is 0.0884 e. The van der Waals surface area contributed by atoms with Crippen LogP contribution in [-0.2, 0) is 0 Å². The Kier molecular flexibility index (Phi) is 3.34. The number of aromatic amines is 1. The molecule has 18 heavy (non-hydrogen) atoms. The molecule has 1 fully saturated rings. The molecule has 1 saturated heterocycles. The van der Waals surface area contributed by atoms with Crippen LogP contribution in [0.15, 0.2) is 34.9 Å². The molecule has 2 heterocycles. The molecule has 0 saturated carbocycles. The van der Waals surface area contributed by atoms with Gasteiger partial charge < -0.3 is 10.2 Å². The number of nitrogens with one attached hydrogen (secondary N) is 2. The topological polar surface area (TPSA) is 44.0 Å². The quantitative estimate of drug-likeness (QED) is 0.894. The van der Waals surface area contributed by atoms with Gasteiger partial charge in [-0.3, -0.25) is 5.10 Å². The molecular formula is C13H15BrN4. The van der Waals surface area contributed by atoms with E-state index >= 15 is 0 Å². The number of piperazine rings is 1. The largest absolute Gasteiger partial charge is 0.366 e. The number of halogens is 1. The minimum atomic E-state index is 1.03. The average molecular weight is 307 g/mol. The van der Waals surface area contributed by atoms with Crippen molar-refractivity contribution in [3.05, 3.63) is 34.9 Å². The van der Waals surface area contributed by atoms with Gasteiger partial charge in [-0.1, -0.05) is 28.1 Å². The van der Waals surface area contributed by atoms with E-state index in [1.807, 2.05) is 18.3 Å². The van der Waals surface area contributed by atoms with Crippen LogP contribution < -0.4 is 10.2 Å². The van der Waals surface area contributed by atoms with Crippen molar-refractivity contribution in [2.24, 2.45) is 0 Å². The third-order valence-corrected chi connectivity index (χ3v) is 3.68. The second-order valence-corrected chi connectivity index (χ2v) is 5.29. The summed E-state index contributed by atoms with van der Waals surface area (Å²) >= 11 is 3.51. The van der Waals surface area contributed by atoms with E-state index in [4.69, 9.17) is 0 Å². The summed E-state index contributed by atoms with van der Waals surface area (Å²) in [5.41, 5.74) is 3.45. The van der Waals surface area contributed by atoms with Gasteiger partial charge in [0.05, 0.1) is 17.6 Å². The van der Waals surface area contributed by atoms with Gasteiger partial charge in [0.15, 0.2) is 0 Å². The third kappa shape index (κ3) is 2.28. The Morgan fingerprint density at radius 3 is 2.83 bits per heavy atom. The van der Waals surface area contributed by atoms with Gasteiger partial charge in [0, 0.05) is 36.2 Å². The Hall–Kier alpha value is -1.33. The second-order valence-electron chi connectivity index (χ2n) is 4.38. The molecule has 0 atom stereocenters. The van der Waals surface area contributed by atoms with Gasteiger partial charge in [-0.2, -0.15) is 5.10 Å². The van der Waals surface area contributed by atoms with Gasteiger partial charge in [-0.15, -0.1) is 0 Å². The molecule has 2 aromatic rings. The first-order chi connectivity index (χ1) is 8.84. The van der Waals surface area contributed by atoms with Gasteiger partial charge in [0.2, 0.25) is 0 Å². The molecule has 0 aliphatic carbocycles. The Labute approximate surface area is 115 Å². The van der Waals surface area contributed by atoms with Crippen molar-refractivity contribution in [3.8, 4) is 11.3 Å². The lowest BCUT2D eigenvalue weighted by Gasteiger charge is -2.29. The van der Waals surface area contributed by atoms with Gasteiger partial charge in [0.1, 0.15) is 0 Å². The highest BCUT2D eigenvalue weighted by atomic mass is 79.9. The highest BCUT2D eigenvalue weighted by Crippen LogP contribution is 2.30. The van der Waals surface area contributed by atoms with E-state index < -0.39 is 0 Å². The van der Waals surface area contributed by atoms with Crippen molar-refractivity contribution >= 4 is 21.6 Å². The number of hydrogen-bond donors (Lipinski definition) is 2. The number of benzene rings is 1. The first-order valence-corrected chi connectivity index (χ1v) is 6.89. The summed E-state index contributed by atoms with van der Waals surface area (Å²) in [6.45, 7) is 4.12. The second kappa shape index (κ2) is 5.12. The van der Waals surface area contributed by atoms with Crippen LogP contribution in [0.25, 0.3) is 11.3 Å². The van der Waals surface area contributed by atoms with E-state index in [0.29, 0.717) is 0 Å². The fourth-order valence-electron chi connectivity index (χ4n) is 2.28. The summed E-state index contributed by atoms with van der Waals surface area (Å²) in [6, 6.07) is 8.29. The maximum absolute atomic E-state index is 4.20. The summed E-state index contributed by atoms with van der Waals surface area (Å²) < 4.78 is 1.08. The lowest BCUT2D eigenvalue weighted by atomic mass is 10.1. The van der Waals surface area contributed by atoms with Crippen molar-refractivity contribution in [3.63, 3.8) is 0 Å². The number of H-pyrrole nitrogens is 1. The van der Waals surface area contributed by atoms with E-state index in [1.165, 1.54) is 5.69 Å². The van der Waals surface area contributed by atoms with Crippen molar-refractivity contribution in [2.45, 2.75) is 0 Å². The Bertz CT molecular complexity index is 531. The van der Waals surface area contributed by atoms with Crippen LogP contribution in [-0.4, -0.2) is 36.4 Å². The van der Waals surface area contributed by atoms with Crippen LogP contribution in [0.4, 0.5) is 5.69 Å². The molecular weight excluding hydrogens is 292 g/mol. The number of rotatable bonds is 2. The summed E-state index contributed by atoms with van der Waals surface area (Å²) in [4.78, 5) is 2.37. The molecule has 3 rings (SSSR count). The summed E-state index contributed by atoms with van der Waals surface area (Å²) in [7, 11) is 0. The fraction of sp³-hybridized carbons (Fsp3) is 0.308. The molecule has 1 aromatic heterocycles. The van der Waals surface area contributed by atoms with E-state index in [9.17, 15) is 0 Å². The lowest BCUT2D eigenvalue weighted by molar-refractivity contribution is 0.589. The van der Waals surface area contributed by atoms with Gasteiger partial charge in [-0.05, 0) is 12.1 Å². The van der Waals surface area contributed by atoms with E-state index in [1.54, 1.807) is 0 Å². The van der Waals surface area contributed by atoms with Crippen LogP contribution in [0.3, 0.4) is 0 Å². The van der Waals surface area contributed by atoms with Crippen LogP contribution in [0, 0.1) is 0 Å². The smallest absolute Gasteiger partial charge is 0.0884 e. The highest BCUT2D eigenvalue weighted by Gasteiger charge is 2.16. The minimum Gasteiger partial charge on any atom is -0.366 e. The zero-order chi connectivity index (χ0) is 12.4. The summed E-state index contributed by atoms with van der Waals surface area (Å²) in [6.07, 6.45) is 1.92. The molecule has 0 radical (unpaired) electrons.